The van der Waals surface area contributed by atoms with Crippen LogP contribution in [0.2, 0.25) is 0 Å². The molecule has 1 rings (SSSR count). The van der Waals surface area contributed by atoms with E-state index in [4.69, 9.17) is 9.84 Å². The molecule has 7 heteroatoms. The Morgan fingerprint density at radius 1 is 1.47 bits per heavy atom. The van der Waals surface area contributed by atoms with Gasteiger partial charge in [-0.25, -0.2) is 4.79 Å². The summed E-state index contributed by atoms with van der Waals surface area (Å²) < 4.78 is 16.1. The molecular weight excluding hydrogens is 246 g/mol. The minimum Gasteiger partial charge on any atom is -0.479 e. The number of hydrogen-bond acceptors (Lipinski definition) is 4. The molecule has 98 valence electrons. The molecule has 0 spiro atoms. The first-order valence-electron chi connectivity index (χ1n) is 5.38. The van der Waals surface area contributed by atoms with E-state index in [0.29, 0.717) is 18.6 Å². The standard InChI is InChI=1S/C10H17NO5S/c1-6(5-17(2)15)11-9(12)7-3-4-8(16-7)10(13)14/h6-8H,3-5H2,1-2H3,(H,11,12)(H,13,14)/t6?,7-,8+,17?/m0/s1. The molecule has 0 saturated carbocycles. The number of carboxylic acids is 1. The van der Waals surface area contributed by atoms with Gasteiger partial charge in [0.2, 0.25) is 5.91 Å². The molecule has 4 atom stereocenters. The molecular formula is C10H17NO5S. The number of carbonyl (C=O) groups is 2. The van der Waals surface area contributed by atoms with Crippen molar-refractivity contribution in [3.8, 4) is 0 Å². The molecule has 1 saturated heterocycles. The largest absolute Gasteiger partial charge is 0.479 e. The SMILES string of the molecule is CC(CS(C)=O)NC(=O)[C@@H]1CC[C@H](C(=O)O)O1. The summed E-state index contributed by atoms with van der Waals surface area (Å²) in [6, 6.07) is -0.208. The Balaban J connectivity index is 2.39. The average molecular weight is 263 g/mol. The number of amides is 1. The van der Waals surface area contributed by atoms with E-state index in [1.54, 1.807) is 13.2 Å². The number of aliphatic carboxylic acids is 1. The fourth-order valence-corrected chi connectivity index (χ4v) is 2.53. The van der Waals surface area contributed by atoms with E-state index in [1.807, 2.05) is 0 Å². The van der Waals surface area contributed by atoms with Gasteiger partial charge in [0.15, 0.2) is 6.10 Å². The van der Waals surface area contributed by atoms with Gasteiger partial charge in [0.25, 0.3) is 0 Å². The summed E-state index contributed by atoms with van der Waals surface area (Å²) >= 11 is 0. The topological polar surface area (TPSA) is 92.7 Å². The number of ether oxygens (including phenoxy) is 1. The Morgan fingerprint density at radius 3 is 2.53 bits per heavy atom. The summed E-state index contributed by atoms with van der Waals surface area (Å²) in [5, 5.41) is 11.4. The molecule has 1 aliphatic rings. The van der Waals surface area contributed by atoms with Gasteiger partial charge in [0.1, 0.15) is 6.10 Å². The smallest absolute Gasteiger partial charge is 0.332 e. The van der Waals surface area contributed by atoms with E-state index in [-0.39, 0.29) is 11.9 Å². The minimum atomic E-state index is -1.04. The van der Waals surface area contributed by atoms with E-state index in [9.17, 15) is 13.8 Å². The highest BCUT2D eigenvalue weighted by atomic mass is 32.2. The van der Waals surface area contributed by atoms with Gasteiger partial charge in [-0.05, 0) is 19.8 Å². The van der Waals surface area contributed by atoms with Crippen molar-refractivity contribution < 1.29 is 23.6 Å². The van der Waals surface area contributed by atoms with Crippen LogP contribution in [-0.2, 0) is 25.1 Å². The Kier molecular flexibility index (Phi) is 5.07. The summed E-state index contributed by atoms with van der Waals surface area (Å²) in [5.74, 6) is -0.990. The molecule has 1 heterocycles. The number of nitrogens with one attached hydrogen (secondary N) is 1. The second kappa shape index (κ2) is 6.11. The number of hydrogen-bond donors (Lipinski definition) is 2. The number of carbonyl (C=O) groups excluding carboxylic acids is 1. The highest BCUT2D eigenvalue weighted by Gasteiger charge is 2.34. The van der Waals surface area contributed by atoms with Gasteiger partial charge in [0.05, 0.1) is 0 Å². The van der Waals surface area contributed by atoms with Crippen molar-refractivity contribution in [2.75, 3.05) is 12.0 Å². The molecule has 1 amide bonds. The van der Waals surface area contributed by atoms with Crippen molar-refractivity contribution in [2.45, 2.75) is 38.0 Å². The highest BCUT2D eigenvalue weighted by molar-refractivity contribution is 7.84. The Bertz CT molecular complexity index is 333. The maximum Gasteiger partial charge on any atom is 0.332 e. The Hall–Kier alpha value is -0.950. The van der Waals surface area contributed by atoms with Gasteiger partial charge in [-0.1, -0.05) is 0 Å². The van der Waals surface area contributed by atoms with E-state index in [0.717, 1.165) is 0 Å². The monoisotopic (exact) mass is 263 g/mol. The lowest BCUT2D eigenvalue weighted by Crippen LogP contribution is -2.42. The maximum atomic E-state index is 11.7. The van der Waals surface area contributed by atoms with Crippen LogP contribution in [0.5, 0.6) is 0 Å². The third kappa shape index (κ3) is 4.43. The molecule has 0 bridgehead atoms. The number of carboxylic acid groups (broad SMARTS) is 1. The predicted octanol–water partition coefficient (Wildman–Crippen LogP) is -0.498. The predicted molar refractivity (Wildman–Crippen MR) is 62.1 cm³/mol. The van der Waals surface area contributed by atoms with Crippen LogP contribution in [0.4, 0.5) is 0 Å². The van der Waals surface area contributed by atoms with Crippen LogP contribution in [-0.4, -0.2) is 51.5 Å². The van der Waals surface area contributed by atoms with Crippen molar-refractivity contribution in [1.29, 1.82) is 0 Å². The molecule has 0 aromatic rings. The molecule has 0 aromatic carbocycles. The van der Waals surface area contributed by atoms with Crippen LogP contribution >= 0.6 is 0 Å². The fourth-order valence-electron chi connectivity index (χ4n) is 1.74. The average Bonchev–Trinajstić information content (AvgIpc) is 2.64. The van der Waals surface area contributed by atoms with E-state index in [1.165, 1.54) is 0 Å². The number of rotatable bonds is 5. The zero-order valence-electron chi connectivity index (χ0n) is 9.84. The van der Waals surface area contributed by atoms with Crippen molar-refractivity contribution in [2.24, 2.45) is 0 Å². The maximum absolute atomic E-state index is 11.7. The Morgan fingerprint density at radius 2 is 2.06 bits per heavy atom. The molecule has 2 unspecified atom stereocenters. The first-order chi connectivity index (χ1) is 7.90. The summed E-state index contributed by atoms with van der Waals surface area (Å²) in [5.41, 5.74) is 0. The van der Waals surface area contributed by atoms with Crippen LogP contribution in [0, 0.1) is 0 Å². The summed E-state index contributed by atoms with van der Waals surface area (Å²) in [6.07, 6.45) is 0.728. The molecule has 17 heavy (non-hydrogen) atoms. The first-order valence-corrected chi connectivity index (χ1v) is 7.11. The third-order valence-corrected chi connectivity index (χ3v) is 3.43. The van der Waals surface area contributed by atoms with Gasteiger partial charge in [-0.2, -0.15) is 0 Å². The van der Waals surface area contributed by atoms with Crippen LogP contribution in [0.25, 0.3) is 0 Å². The molecule has 1 fully saturated rings. The molecule has 2 N–H and O–H groups in total. The second-order valence-corrected chi connectivity index (χ2v) is 5.66. The van der Waals surface area contributed by atoms with Crippen molar-refractivity contribution in [1.82, 2.24) is 5.32 Å². The van der Waals surface area contributed by atoms with Gasteiger partial charge in [-0.15, -0.1) is 0 Å². The second-order valence-electron chi connectivity index (χ2n) is 4.18. The van der Waals surface area contributed by atoms with Crippen LogP contribution in [0.3, 0.4) is 0 Å². The quantitative estimate of drug-likeness (QED) is 0.697. The van der Waals surface area contributed by atoms with Gasteiger partial charge in [-0.3, -0.25) is 9.00 Å². The first kappa shape index (κ1) is 14.1. The highest BCUT2D eigenvalue weighted by Crippen LogP contribution is 2.19. The molecule has 6 nitrogen and oxygen atoms in total. The van der Waals surface area contributed by atoms with Gasteiger partial charge < -0.3 is 15.2 Å². The van der Waals surface area contributed by atoms with Crippen molar-refractivity contribution >= 4 is 22.7 Å². The van der Waals surface area contributed by atoms with Crippen LogP contribution < -0.4 is 5.32 Å². The summed E-state index contributed by atoms with van der Waals surface area (Å²) in [4.78, 5) is 22.3. The minimum absolute atomic E-state index is 0.208. The third-order valence-electron chi connectivity index (χ3n) is 2.46. The molecule has 1 aliphatic heterocycles. The van der Waals surface area contributed by atoms with Crippen molar-refractivity contribution in [3.05, 3.63) is 0 Å². The summed E-state index contributed by atoms with van der Waals surface area (Å²) in [6.45, 7) is 1.75. The van der Waals surface area contributed by atoms with Crippen molar-refractivity contribution in [3.63, 3.8) is 0 Å². The van der Waals surface area contributed by atoms with Crippen LogP contribution in [0.1, 0.15) is 19.8 Å². The lowest BCUT2D eigenvalue weighted by molar-refractivity contribution is -0.151. The molecule has 0 aromatic heterocycles. The zero-order valence-corrected chi connectivity index (χ0v) is 10.7. The zero-order chi connectivity index (χ0) is 13.0. The summed E-state index contributed by atoms with van der Waals surface area (Å²) in [7, 11) is -0.978. The molecule has 0 aliphatic carbocycles. The van der Waals surface area contributed by atoms with Gasteiger partial charge >= 0.3 is 5.97 Å². The van der Waals surface area contributed by atoms with E-state index >= 15 is 0 Å². The van der Waals surface area contributed by atoms with E-state index in [2.05, 4.69) is 5.32 Å². The van der Waals surface area contributed by atoms with E-state index < -0.39 is 29.0 Å². The lowest BCUT2D eigenvalue weighted by atomic mass is 10.2. The Labute approximate surface area is 102 Å². The van der Waals surface area contributed by atoms with Gasteiger partial charge in [0, 0.05) is 28.9 Å². The van der Waals surface area contributed by atoms with Crippen LogP contribution in [0.15, 0.2) is 0 Å². The molecule has 0 radical (unpaired) electrons. The normalized spacial score (nSPS) is 27.4. The lowest BCUT2D eigenvalue weighted by Gasteiger charge is -2.16. The fraction of sp³-hybridized carbons (Fsp3) is 0.800.